The number of nitrogens with zero attached hydrogens (tertiary/aromatic N) is 2. The van der Waals surface area contributed by atoms with Gasteiger partial charge in [0.15, 0.2) is 0 Å². The predicted octanol–water partition coefficient (Wildman–Crippen LogP) is 2.27. The Hall–Kier alpha value is -2.12. The van der Waals surface area contributed by atoms with Crippen LogP contribution >= 0.6 is 0 Å². The standard InChI is InChI=1S/C24H33N3O4/c1-15-9-11-26(12-10-15)19-3-2-4-21(19)31-17-5-6-18-16(13-17)14-27(24(18)30)20-7-8-22(28)25-23(20)29/h5-6,13,15,19-21,23,29H,2-4,7-12,14H2,1H3,(H,25,28)/t19-,20?,21-,23?/m1/s1. The third-order valence-electron chi connectivity index (χ3n) is 7.64. The van der Waals surface area contributed by atoms with Gasteiger partial charge in [0, 0.05) is 24.6 Å². The number of hydrogen-bond donors (Lipinski definition) is 2. The molecule has 3 fully saturated rings. The van der Waals surface area contributed by atoms with Crippen molar-refractivity contribution in [1.82, 2.24) is 15.1 Å². The van der Waals surface area contributed by atoms with Crippen molar-refractivity contribution in [1.29, 1.82) is 0 Å². The monoisotopic (exact) mass is 427 g/mol. The second-order valence-corrected chi connectivity index (χ2v) is 9.74. The van der Waals surface area contributed by atoms with Gasteiger partial charge in [-0.3, -0.25) is 14.5 Å². The molecule has 3 aliphatic heterocycles. The van der Waals surface area contributed by atoms with Gasteiger partial charge in [-0.25, -0.2) is 0 Å². The van der Waals surface area contributed by atoms with Crippen LogP contribution in [0.25, 0.3) is 0 Å². The van der Waals surface area contributed by atoms with Crippen molar-refractivity contribution in [2.75, 3.05) is 13.1 Å². The molecule has 168 valence electrons. The summed E-state index contributed by atoms with van der Waals surface area (Å²) in [4.78, 5) is 28.7. The normalized spacial score (nSPS) is 32.3. The Labute approximate surface area is 183 Å². The van der Waals surface area contributed by atoms with Crippen LogP contribution in [0.1, 0.15) is 67.8 Å². The number of carbonyl (C=O) groups is 2. The van der Waals surface area contributed by atoms with E-state index >= 15 is 0 Å². The van der Waals surface area contributed by atoms with E-state index in [1.807, 2.05) is 18.2 Å². The first-order chi connectivity index (χ1) is 15.0. The van der Waals surface area contributed by atoms with Gasteiger partial charge in [-0.2, -0.15) is 0 Å². The lowest BCUT2D eigenvalue weighted by molar-refractivity contribution is -0.129. The molecule has 0 bridgehead atoms. The number of benzene rings is 1. The molecule has 5 rings (SSSR count). The van der Waals surface area contributed by atoms with E-state index in [1.54, 1.807) is 4.90 Å². The Balaban J connectivity index is 1.26. The maximum absolute atomic E-state index is 12.9. The molecule has 2 saturated heterocycles. The van der Waals surface area contributed by atoms with Gasteiger partial charge in [0.25, 0.3) is 5.91 Å². The van der Waals surface area contributed by atoms with Crippen molar-refractivity contribution in [2.24, 2.45) is 5.92 Å². The zero-order valence-electron chi connectivity index (χ0n) is 18.3. The summed E-state index contributed by atoms with van der Waals surface area (Å²) in [6.07, 6.45) is 6.01. The molecular formula is C24H33N3O4. The first kappa shape index (κ1) is 20.8. The third kappa shape index (κ3) is 4.05. The number of fused-ring (bicyclic) bond motifs is 1. The highest BCUT2D eigenvalue weighted by Gasteiger charge is 2.40. The molecule has 0 radical (unpaired) electrons. The van der Waals surface area contributed by atoms with E-state index in [-0.39, 0.29) is 24.0 Å². The van der Waals surface area contributed by atoms with Crippen LogP contribution < -0.4 is 10.1 Å². The molecule has 7 nitrogen and oxygen atoms in total. The lowest BCUT2D eigenvalue weighted by Gasteiger charge is -2.37. The fourth-order valence-corrected chi connectivity index (χ4v) is 5.75. The van der Waals surface area contributed by atoms with Gasteiger partial charge in [-0.05, 0) is 81.3 Å². The van der Waals surface area contributed by atoms with E-state index in [9.17, 15) is 14.7 Å². The molecule has 0 aromatic heterocycles. The summed E-state index contributed by atoms with van der Waals surface area (Å²) >= 11 is 0. The van der Waals surface area contributed by atoms with Crippen LogP contribution in [0.2, 0.25) is 0 Å². The highest BCUT2D eigenvalue weighted by Crippen LogP contribution is 2.34. The van der Waals surface area contributed by atoms with Crippen molar-refractivity contribution in [3.05, 3.63) is 29.3 Å². The van der Waals surface area contributed by atoms with E-state index in [4.69, 9.17) is 4.74 Å². The fraction of sp³-hybridized carbons (Fsp3) is 0.667. The van der Waals surface area contributed by atoms with E-state index in [1.165, 1.54) is 38.8 Å². The number of nitrogens with one attached hydrogen (secondary N) is 1. The Bertz CT molecular complexity index is 851. The number of aliphatic hydroxyl groups is 1. The smallest absolute Gasteiger partial charge is 0.254 e. The molecule has 1 aromatic carbocycles. The van der Waals surface area contributed by atoms with Gasteiger partial charge in [-0.15, -0.1) is 0 Å². The molecular weight excluding hydrogens is 394 g/mol. The molecule has 4 atom stereocenters. The molecule has 4 aliphatic rings. The van der Waals surface area contributed by atoms with E-state index in [2.05, 4.69) is 17.1 Å². The van der Waals surface area contributed by atoms with Crippen molar-refractivity contribution in [2.45, 2.75) is 82.8 Å². The average Bonchev–Trinajstić information content (AvgIpc) is 3.33. The van der Waals surface area contributed by atoms with Crippen molar-refractivity contribution >= 4 is 11.8 Å². The highest BCUT2D eigenvalue weighted by molar-refractivity contribution is 5.99. The number of ether oxygens (including phenoxy) is 1. The maximum Gasteiger partial charge on any atom is 0.254 e. The molecule has 2 N–H and O–H groups in total. The van der Waals surface area contributed by atoms with Gasteiger partial charge in [-0.1, -0.05) is 6.92 Å². The second-order valence-electron chi connectivity index (χ2n) is 9.74. The number of piperidine rings is 2. The largest absolute Gasteiger partial charge is 0.489 e. The minimum Gasteiger partial charge on any atom is -0.489 e. The first-order valence-corrected chi connectivity index (χ1v) is 11.8. The lowest BCUT2D eigenvalue weighted by atomic mass is 9.97. The van der Waals surface area contributed by atoms with Gasteiger partial charge < -0.3 is 20.1 Å². The Kier molecular flexibility index (Phi) is 5.65. The van der Waals surface area contributed by atoms with E-state index in [0.29, 0.717) is 31.0 Å². The van der Waals surface area contributed by atoms with Crippen molar-refractivity contribution in [3.8, 4) is 5.75 Å². The van der Waals surface area contributed by atoms with Crippen LogP contribution in [-0.2, 0) is 11.3 Å². The topological polar surface area (TPSA) is 82.1 Å². The van der Waals surface area contributed by atoms with Crippen LogP contribution in [0.15, 0.2) is 18.2 Å². The predicted molar refractivity (Wildman–Crippen MR) is 116 cm³/mol. The number of aliphatic hydroxyl groups excluding tert-OH is 1. The summed E-state index contributed by atoms with van der Waals surface area (Å²) in [6, 6.07) is 5.86. The lowest BCUT2D eigenvalue weighted by Crippen LogP contribution is -2.55. The Morgan fingerprint density at radius 3 is 2.65 bits per heavy atom. The number of hydrogen-bond acceptors (Lipinski definition) is 5. The van der Waals surface area contributed by atoms with Gasteiger partial charge in [0.2, 0.25) is 5.91 Å². The SMILES string of the molecule is CC1CCN([C@@H]2CCC[C@H]2Oc2ccc3c(c2)CN(C2CCC(=O)NC2O)C3=O)CC1. The molecule has 2 unspecified atom stereocenters. The second kappa shape index (κ2) is 8.43. The average molecular weight is 428 g/mol. The molecule has 2 amide bonds. The zero-order chi connectivity index (χ0) is 21.5. The molecule has 1 aromatic rings. The van der Waals surface area contributed by atoms with Crippen LogP contribution in [-0.4, -0.2) is 64.2 Å². The molecule has 0 spiro atoms. The summed E-state index contributed by atoms with van der Waals surface area (Å²) in [7, 11) is 0. The zero-order valence-corrected chi connectivity index (χ0v) is 18.3. The third-order valence-corrected chi connectivity index (χ3v) is 7.64. The van der Waals surface area contributed by atoms with E-state index in [0.717, 1.165) is 23.7 Å². The van der Waals surface area contributed by atoms with Crippen molar-refractivity contribution in [3.63, 3.8) is 0 Å². The van der Waals surface area contributed by atoms with Crippen LogP contribution in [0.3, 0.4) is 0 Å². The molecule has 1 saturated carbocycles. The Morgan fingerprint density at radius 2 is 1.87 bits per heavy atom. The molecule has 1 aliphatic carbocycles. The summed E-state index contributed by atoms with van der Waals surface area (Å²) < 4.78 is 6.47. The molecule has 3 heterocycles. The molecule has 7 heteroatoms. The molecule has 31 heavy (non-hydrogen) atoms. The van der Waals surface area contributed by atoms with Crippen LogP contribution in [0, 0.1) is 5.92 Å². The minimum absolute atomic E-state index is 0.0806. The van der Waals surface area contributed by atoms with Crippen molar-refractivity contribution < 1.29 is 19.4 Å². The summed E-state index contributed by atoms with van der Waals surface area (Å²) in [5.41, 5.74) is 1.61. The quantitative estimate of drug-likeness (QED) is 0.770. The number of carbonyl (C=O) groups excluding carboxylic acids is 2. The van der Waals surface area contributed by atoms with Crippen LogP contribution in [0.4, 0.5) is 0 Å². The number of rotatable bonds is 4. The first-order valence-electron chi connectivity index (χ1n) is 11.8. The minimum atomic E-state index is -1.01. The van der Waals surface area contributed by atoms with Crippen LogP contribution in [0.5, 0.6) is 5.75 Å². The summed E-state index contributed by atoms with van der Waals surface area (Å²) in [5, 5.41) is 12.8. The summed E-state index contributed by atoms with van der Waals surface area (Å²) in [5.74, 6) is 1.40. The number of amides is 2. The van der Waals surface area contributed by atoms with Gasteiger partial charge in [0.1, 0.15) is 18.1 Å². The Morgan fingerprint density at radius 1 is 1.06 bits per heavy atom. The maximum atomic E-state index is 12.9. The highest BCUT2D eigenvalue weighted by atomic mass is 16.5. The summed E-state index contributed by atoms with van der Waals surface area (Å²) in [6.45, 7) is 5.12. The van der Waals surface area contributed by atoms with Gasteiger partial charge >= 0.3 is 0 Å². The fourth-order valence-electron chi connectivity index (χ4n) is 5.75. The van der Waals surface area contributed by atoms with Gasteiger partial charge in [0.05, 0.1) is 6.04 Å². The van der Waals surface area contributed by atoms with E-state index < -0.39 is 6.23 Å². The number of likely N-dealkylation sites (tertiary alicyclic amines) is 1.